The Balaban J connectivity index is 2.20. The van der Waals surface area contributed by atoms with Crippen molar-refractivity contribution in [3.05, 3.63) is 57.6 Å². The third-order valence-electron chi connectivity index (χ3n) is 3.55. The number of carbonyl (C=O) groups excluding carboxylic acids is 2. The van der Waals surface area contributed by atoms with Crippen LogP contribution in [0.25, 0.3) is 0 Å². The van der Waals surface area contributed by atoms with Crippen LogP contribution in [-0.4, -0.2) is 18.4 Å². The van der Waals surface area contributed by atoms with Gasteiger partial charge in [-0.05, 0) is 49.2 Å². The topological polar surface area (TPSA) is 49.4 Å². The molecule has 2 aromatic rings. The number of nitrogens with one attached hydrogen (secondary N) is 1. The van der Waals surface area contributed by atoms with Crippen molar-refractivity contribution in [1.29, 1.82) is 0 Å². The van der Waals surface area contributed by atoms with Crippen molar-refractivity contribution >= 4 is 46.4 Å². The zero-order chi connectivity index (χ0) is 17.9. The van der Waals surface area contributed by atoms with Crippen molar-refractivity contribution in [3.63, 3.8) is 0 Å². The lowest BCUT2D eigenvalue weighted by atomic mass is 10.1. The fraction of sp³-hybridized carbons (Fsp3) is 0.222. The van der Waals surface area contributed by atoms with E-state index in [1.807, 2.05) is 32.0 Å². The van der Waals surface area contributed by atoms with Gasteiger partial charge in [0.1, 0.15) is 6.54 Å². The highest BCUT2D eigenvalue weighted by Gasteiger charge is 2.19. The lowest BCUT2D eigenvalue weighted by Gasteiger charge is -2.22. The second-order valence-electron chi connectivity index (χ2n) is 5.57. The quantitative estimate of drug-likeness (QED) is 0.861. The second kappa shape index (κ2) is 7.69. The summed E-state index contributed by atoms with van der Waals surface area (Å²) in [7, 11) is 0. The molecule has 6 heteroatoms. The maximum atomic E-state index is 12.4. The van der Waals surface area contributed by atoms with Crippen molar-refractivity contribution in [1.82, 2.24) is 0 Å². The molecule has 0 heterocycles. The summed E-state index contributed by atoms with van der Waals surface area (Å²) >= 11 is 12.0. The molecule has 2 rings (SSSR count). The smallest absolute Gasteiger partial charge is 0.244 e. The Morgan fingerprint density at radius 3 is 2.42 bits per heavy atom. The van der Waals surface area contributed by atoms with Gasteiger partial charge in [0.15, 0.2) is 0 Å². The summed E-state index contributed by atoms with van der Waals surface area (Å²) in [4.78, 5) is 25.6. The zero-order valence-corrected chi connectivity index (χ0v) is 15.2. The van der Waals surface area contributed by atoms with E-state index in [-0.39, 0.29) is 18.4 Å². The minimum absolute atomic E-state index is 0.135. The number of anilines is 2. The van der Waals surface area contributed by atoms with Gasteiger partial charge < -0.3 is 10.2 Å². The maximum Gasteiger partial charge on any atom is 0.244 e. The molecule has 0 saturated heterocycles. The van der Waals surface area contributed by atoms with Gasteiger partial charge in [-0.1, -0.05) is 35.3 Å². The lowest BCUT2D eigenvalue weighted by molar-refractivity contribution is -0.120. The van der Waals surface area contributed by atoms with Gasteiger partial charge >= 0.3 is 0 Å². The molecule has 0 aliphatic heterocycles. The van der Waals surface area contributed by atoms with Crippen LogP contribution in [0.1, 0.15) is 18.1 Å². The number of aryl methyl sites for hydroxylation is 2. The molecule has 1 N–H and O–H groups in total. The minimum Gasteiger partial charge on any atom is -0.324 e. The van der Waals surface area contributed by atoms with Crippen LogP contribution in [-0.2, 0) is 9.59 Å². The number of amides is 2. The van der Waals surface area contributed by atoms with Crippen molar-refractivity contribution in [3.8, 4) is 0 Å². The number of hydrogen-bond acceptors (Lipinski definition) is 2. The first-order valence-corrected chi connectivity index (χ1v) is 8.14. The number of halogens is 2. The van der Waals surface area contributed by atoms with E-state index < -0.39 is 0 Å². The molecule has 4 nitrogen and oxygen atoms in total. The minimum atomic E-state index is -0.301. The Morgan fingerprint density at radius 2 is 1.79 bits per heavy atom. The summed E-state index contributed by atoms with van der Waals surface area (Å²) in [5.41, 5.74) is 3.17. The molecule has 0 unspecified atom stereocenters. The van der Waals surface area contributed by atoms with Crippen molar-refractivity contribution < 1.29 is 9.59 Å². The zero-order valence-electron chi connectivity index (χ0n) is 13.7. The van der Waals surface area contributed by atoms with Crippen LogP contribution in [0.5, 0.6) is 0 Å². The molecular weight excluding hydrogens is 347 g/mol. The Morgan fingerprint density at radius 1 is 1.08 bits per heavy atom. The second-order valence-corrected chi connectivity index (χ2v) is 6.41. The summed E-state index contributed by atoms with van der Waals surface area (Å²) in [5.74, 6) is -0.583. The van der Waals surface area contributed by atoms with Gasteiger partial charge in [0, 0.05) is 17.6 Å². The number of carbonyl (C=O) groups is 2. The third kappa shape index (κ3) is 4.49. The molecule has 24 heavy (non-hydrogen) atoms. The average Bonchev–Trinajstić information content (AvgIpc) is 2.49. The lowest BCUT2D eigenvalue weighted by Crippen LogP contribution is -2.37. The van der Waals surface area contributed by atoms with Crippen molar-refractivity contribution in [2.75, 3.05) is 16.8 Å². The standard InChI is InChI=1S/C18H18Cl2N2O2/c1-11-4-5-12(2)16(8-11)21-18(24)10-22(13(3)23)17-7-6-14(19)9-15(17)20/h4-9H,10H2,1-3H3,(H,21,24). The van der Waals surface area contributed by atoms with E-state index in [9.17, 15) is 9.59 Å². The van der Waals surface area contributed by atoms with E-state index >= 15 is 0 Å². The van der Waals surface area contributed by atoms with Crippen LogP contribution in [0, 0.1) is 13.8 Å². The largest absolute Gasteiger partial charge is 0.324 e. The molecule has 0 bridgehead atoms. The summed E-state index contributed by atoms with van der Waals surface area (Å²) < 4.78 is 0. The molecule has 0 aliphatic carbocycles. The van der Waals surface area contributed by atoms with Gasteiger partial charge in [-0.2, -0.15) is 0 Å². The SMILES string of the molecule is CC(=O)N(CC(=O)Nc1cc(C)ccc1C)c1ccc(Cl)cc1Cl. The predicted octanol–water partition coefficient (Wildman–Crippen LogP) is 4.60. The summed E-state index contributed by atoms with van der Waals surface area (Å²) in [5, 5.41) is 3.62. The first kappa shape index (κ1) is 18.3. The molecule has 2 amide bonds. The summed E-state index contributed by atoms with van der Waals surface area (Å²) in [6, 6.07) is 10.6. The molecule has 0 spiro atoms. The van der Waals surface area contributed by atoms with Crippen LogP contribution in [0.2, 0.25) is 10.0 Å². The Kier molecular flexibility index (Phi) is 5.86. The van der Waals surface area contributed by atoms with Crippen LogP contribution >= 0.6 is 23.2 Å². The van der Waals surface area contributed by atoms with Gasteiger partial charge in [-0.25, -0.2) is 0 Å². The molecule has 0 aromatic heterocycles. The van der Waals surface area contributed by atoms with E-state index in [0.29, 0.717) is 15.7 Å². The number of hydrogen-bond donors (Lipinski definition) is 1. The van der Waals surface area contributed by atoms with Gasteiger partial charge in [-0.3, -0.25) is 9.59 Å². The third-order valence-corrected chi connectivity index (χ3v) is 4.09. The van der Waals surface area contributed by atoms with Gasteiger partial charge in [0.25, 0.3) is 0 Å². The first-order valence-electron chi connectivity index (χ1n) is 7.38. The first-order chi connectivity index (χ1) is 11.3. The molecular formula is C18H18Cl2N2O2. The van der Waals surface area contributed by atoms with Crippen LogP contribution in [0.3, 0.4) is 0 Å². The molecule has 0 atom stereocenters. The monoisotopic (exact) mass is 364 g/mol. The van der Waals surface area contributed by atoms with E-state index in [2.05, 4.69) is 5.32 Å². The summed E-state index contributed by atoms with van der Waals surface area (Å²) in [6.07, 6.45) is 0. The molecule has 126 valence electrons. The number of nitrogens with zero attached hydrogens (tertiary/aromatic N) is 1. The molecule has 0 fully saturated rings. The van der Waals surface area contributed by atoms with Crippen LogP contribution < -0.4 is 10.2 Å². The van der Waals surface area contributed by atoms with Gasteiger partial charge in [0.05, 0.1) is 10.7 Å². The highest BCUT2D eigenvalue weighted by atomic mass is 35.5. The van der Waals surface area contributed by atoms with Crippen molar-refractivity contribution in [2.45, 2.75) is 20.8 Å². The molecule has 0 aliphatic rings. The Hall–Kier alpha value is -2.04. The normalized spacial score (nSPS) is 10.4. The maximum absolute atomic E-state index is 12.4. The van der Waals surface area contributed by atoms with Crippen LogP contribution in [0.15, 0.2) is 36.4 Å². The van der Waals surface area contributed by atoms with E-state index in [1.165, 1.54) is 17.9 Å². The van der Waals surface area contributed by atoms with Crippen LogP contribution in [0.4, 0.5) is 11.4 Å². The fourth-order valence-electron chi connectivity index (χ4n) is 2.27. The van der Waals surface area contributed by atoms with Gasteiger partial charge in [0.2, 0.25) is 11.8 Å². The van der Waals surface area contributed by atoms with E-state index in [1.54, 1.807) is 12.1 Å². The predicted molar refractivity (Wildman–Crippen MR) is 99.0 cm³/mol. The highest BCUT2D eigenvalue weighted by molar-refractivity contribution is 6.36. The molecule has 0 radical (unpaired) electrons. The van der Waals surface area contributed by atoms with E-state index in [4.69, 9.17) is 23.2 Å². The van der Waals surface area contributed by atoms with E-state index in [0.717, 1.165) is 16.8 Å². The number of rotatable bonds is 4. The Labute approximate surface area is 151 Å². The van der Waals surface area contributed by atoms with Gasteiger partial charge in [-0.15, -0.1) is 0 Å². The highest BCUT2D eigenvalue weighted by Crippen LogP contribution is 2.29. The van der Waals surface area contributed by atoms with Crippen molar-refractivity contribution in [2.24, 2.45) is 0 Å². The Bertz CT molecular complexity index is 791. The fourth-order valence-corrected chi connectivity index (χ4v) is 2.78. The molecule has 2 aromatic carbocycles. The number of benzene rings is 2. The summed E-state index contributed by atoms with van der Waals surface area (Å²) in [6.45, 7) is 5.11. The average molecular weight is 365 g/mol. The molecule has 0 saturated carbocycles.